The number of amides is 4. The van der Waals surface area contributed by atoms with Crippen LogP contribution in [0.15, 0.2) is 0 Å². The molecule has 2 aliphatic heterocycles. The second kappa shape index (κ2) is 8.43. The van der Waals surface area contributed by atoms with Crippen LogP contribution in [0.1, 0.15) is 20.3 Å². The van der Waals surface area contributed by atoms with Crippen molar-refractivity contribution in [3.8, 4) is 0 Å². The van der Waals surface area contributed by atoms with E-state index in [1.807, 2.05) is 12.5 Å². The standard InChI is InChI=1S/2C6H9NO2S.CH4/c2*1-7-5(8)3-4(10-2)6(7)9;/h2*4H,3H2,1-2H3;1H4. The van der Waals surface area contributed by atoms with Gasteiger partial charge in [0.15, 0.2) is 0 Å². The first kappa shape index (κ1) is 20.0. The van der Waals surface area contributed by atoms with Gasteiger partial charge >= 0.3 is 0 Å². The first-order valence-corrected chi connectivity index (χ1v) is 8.57. The van der Waals surface area contributed by atoms with E-state index in [2.05, 4.69) is 0 Å². The molecular formula is C13H22N2O4S2. The Morgan fingerprint density at radius 3 is 1.19 bits per heavy atom. The zero-order valence-electron chi connectivity index (χ0n) is 11.9. The van der Waals surface area contributed by atoms with Crippen molar-refractivity contribution in [2.45, 2.75) is 30.8 Å². The third kappa shape index (κ3) is 4.47. The molecule has 0 N–H and O–H groups in total. The van der Waals surface area contributed by atoms with Gasteiger partial charge in [-0.05, 0) is 12.5 Å². The zero-order valence-corrected chi connectivity index (χ0v) is 13.5. The summed E-state index contributed by atoms with van der Waals surface area (Å²) in [4.78, 5) is 46.1. The molecule has 0 bridgehead atoms. The SMILES string of the molecule is C.CSC1CC(=O)N(C)C1=O.CSC1CC(=O)N(C)C1=O. The molecule has 6 nitrogen and oxygen atoms in total. The lowest BCUT2D eigenvalue weighted by Gasteiger charge is -2.04. The topological polar surface area (TPSA) is 74.8 Å². The largest absolute Gasteiger partial charge is 0.285 e. The molecule has 0 aromatic heterocycles. The number of nitrogens with zero attached hydrogens (tertiary/aromatic N) is 2. The molecule has 0 saturated carbocycles. The molecular weight excluding hydrogens is 312 g/mol. The molecule has 2 aliphatic rings. The van der Waals surface area contributed by atoms with Crippen LogP contribution in [0, 0.1) is 0 Å². The lowest BCUT2D eigenvalue weighted by atomic mass is 10.4. The summed E-state index contributed by atoms with van der Waals surface area (Å²) in [5, 5.41) is -0.255. The molecule has 8 heteroatoms. The Morgan fingerprint density at radius 2 is 1.10 bits per heavy atom. The summed E-state index contributed by atoms with van der Waals surface area (Å²) in [5.41, 5.74) is 0. The summed E-state index contributed by atoms with van der Waals surface area (Å²) < 4.78 is 0. The van der Waals surface area contributed by atoms with Crippen molar-refractivity contribution in [1.82, 2.24) is 9.80 Å². The predicted octanol–water partition coefficient (Wildman–Crippen LogP) is 0.850. The summed E-state index contributed by atoms with van der Waals surface area (Å²) in [6, 6.07) is 0. The lowest BCUT2D eigenvalue weighted by molar-refractivity contribution is -0.138. The Hall–Kier alpha value is -1.02. The maximum Gasteiger partial charge on any atom is 0.242 e. The molecule has 2 saturated heterocycles. The monoisotopic (exact) mass is 334 g/mol. The third-order valence-electron chi connectivity index (χ3n) is 3.25. The van der Waals surface area contributed by atoms with E-state index in [-0.39, 0.29) is 41.6 Å². The lowest BCUT2D eigenvalue weighted by Crippen LogP contribution is -2.26. The highest BCUT2D eigenvalue weighted by molar-refractivity contribution is 8.00. The van der Waals surface area contributed by atoms with Crippen LogP contribution in [-0.4, -0.2) is 70.5 Å². The van der Waals surface area contributed by atoms with Gasteiger partial charge in [0.2, 0.25) is 23.6 Å². The summed E-state index contributed by atoms with van der Waals surface area (Å²) in [6.07, 6.45) is 4.43. The minimum Gasteiger partial charge on any atom is -0.285 e. The first-order valence-electron chi connectivity index (χ1n) is 5.99. The molecule has 2 fully saturated rings. The molecule has 0 spiro atoms. The van der Waals surface area contributed by atoms with Gasteiger partial charge in [-0.15, -0.1) is 0 Å². The fraction of sp³-hybridized carbons (Fsp3) is 0.692. The van der Waals surface area contributed by atoms with Crippen molar-refractivity contribution in [1.29, 1.82) is 0 Å². The Kier molecular flexibility index (Phi) is 8.02. The molecule has 2 unspecified atom stereocenters. The normalized spacial score (nSPS) is 25.0. The molecule has 2 rings (SSSR count). The maximum atomic E-state index is 11.0. The van der Waals surface area contributed by atoms with Crippen molar-refractivity contribution >= 4 is 47.2 Å². The van der Waals surface area contributed by atoms with Crippen molar-refractivity contribution in [2.75, 3.05) is 26.6 Å². The van der Waals surface area contributed by atoms with E-state index in [9.17, 15) is 19.2 Å². The van der Waals surface area contributed by atoms with Gasteiger partial charge in [0.25, 0.3) is 0 Å². The second-order valence-corrected chi connectivity index (χ2v) is 6.52. The van der Waals surface area contributed by atoms with Gasteiger partial charge in [-0.25, -0.2) is 0 Å². The Bertz CT molecular complexity index is 402. The van der Waals surface area contributed by atoms with Gasteiger partial charge in [-0.2, -0.15) is 23.5 Å². The maximum absolute atomic E-state index is 11.0. The third-order valence-corrected chi connectivity index (χ3v) is 5.12. The van der Waals surface area contributed by atoms with Crippen molar-refractivity contribution < 1.29 is 19.2 Å². The van der Waals surface area contributed by atoms with E-state index >= 15 is 0 Å². The van der Waals surface area contributed by atoms with Crippen LogP contribution < -0.4 is 0 Å². The van der Waals surface area contributed by atoms with Gasteiger partial charge in [-0.1, -0.05) is 7.43 Å². The molecule has 2 heterocycles. The van der Waals surface area contributed by atoms with Gasteiger partial charge < -0.3 is 0 Å². The van der Waals surface area contributed by atoms with E-state index in [1.54, 1.807) is 0 Å². The van der Waals surface area contributed by atoms with Gasteiger partial charge in [0, 0.05) is 26.9 Å². The zero-order chi connectivity index (χ0) is 15.4. The highest BCUT2D eigenvalue weighted by Crippen LogP contribution is 2.21. The van der Waals surface area contributed by atoms with Crippen LogP contribution in [0.4, 0.5) is 0 Å². The fourth-order valence-corrected chi connectivity index (χ4v) is 3.15. The van der Waals surface area contributed by atoms with Crippen molar-refractivity contribution in [3.05, 3.63) is 0 Å². The summed E-state index contributed by atoms with van der Waals surface area (Å²) in [5.74, 6) is -0.247. The van der Waals surface area contributed by atoms with Crippen molar-refractivity contribution in [2.24, 2.45) is 0 Å². The number of imide groups is 2. The van der Waals surface area contributed by atoms with E-state index in [4.69, 9.17) is 0 Å². The number of likely N-dealkylation sites (tertiary alicyclic amines) is 2. The molecule has 0 radical (unpaired) electrons. The first-order chi connectivity index (χ1) is 9.33. The van der Waals surface area contributed by atoms with Crippen LogP contribution in [0.25, 0.3) is 0 Å². The second-order valence-electron chi connectivity index (χ2n) is 4.44. The number of hydrogen-bond acceptors (Lipinski definition) is 6. The number of carbonyl (C=O) groups excluding carboxylic acids is 4. The molecule has 2 atom stereocenters. The van der Waals surface area contributed by atoms with E-state index in [1.165, 1.54) is 47.4 Å². The number of carbonyl (C=O) groups is 4. The van der Waals surface area contributed by atoms with Crippen molar-refractivity contribution in [3.63, 3.8) is 0 Å². The van der Waals surface area contributed by atoms with E-state index in [0.29, 0.717) is 12.8 Å². The van der Waals surface area contributed by atoms with Crippen LogP contribution >= 0.6 is 23.5 Å². The number of rotatable bonds is 2. The van der Waals surface area contributed by atoms with E-state index < -0.39 is 0 Å². The van der Waals surface area contributed by atoms with Crippen LogP contribution in [0.2, 0.25) is 0 Å². The molecule has 21 heavy (non-hydrogen) atoms. The summed E-state index contributed by atoms with van der Waals surface area (Å²) >= 11 is 2.87. The van der Waals surface area contributed by atoms with E-state index in [0.717, 1.165) is 0 Å². The molecule has 120 valence electrons. The molecule has 0 aromatic rings. The van der Waals surface area contributed by atoms with Crippen LogP contribution in [0.5, 0.6) is 0 Å². The summed E-state index contributed by atoms with van der Waals surface area (Å²) in [7, 11) is 3.06. The number of thioether (sulfide) groups is 2. The van der Waals surface area contributed by atoms with Crippen LogP contribution in [-0.2, 0) is 19.2 Å². The quantitative estimate of drug-likeness (QED) is 0.697. The average molecular weight is 334 g/mol. The number of hydrogen-bond donors (Lipinski definition) is 0. The Balaban J connectivity index is 0.000000364. The molecule has 4 amide bonds. The molecule has 0 aliphatic carbocycles. The summed E-state index contributed by atoms with van der Waals surface area (Å²) in [6.45, 7) is 0. The van der Waals surface area contributed by atoms with Gasteiger partial charge in [0.1, 0.15) is 0 Å². The van der Waals surface area contributed by atoms with Gasteiger partial charge in [-0.3, -0.25) is 29.0 Å². The highest BCUT2D eigenvalue weighted by Gasteiger charge is 2.35. The smallest absolute Gasteiger partial charge is 0.242 e. The minimum absolute atomic E-state index is 0. The average Bonchev–Trinajstić information content (AvgIpc) is 2.84. The van der Waals surface area contributed by atoms with Gasteiger partial charge in [0.05, 0.1) is 10.5 Å². The predicted molar refractivity (Wildman–Crippen MR) is 86.1 cm³/mol. The fourth-order valence-electron chi connectivity index (χ4n) is 1.81. The van der Waals surface area contributed by atoms with Crippen LogP contribution in [0.3, 0.4) is 0 Å². The highest BCUT2D eigenvalue weighted by atomic mass is 32.2. The Morgan fingerprint density at radius 1 is 0.810 bits per heavy atom. The minimum atomic E-state index is -0.127. The Labute approximate surface area is 134 Å². The molecule has 0 aromatic carbocycles.